The van der Waals surface area contributed by atoms with Crippen LogP contribution in [0, 0.1) is 5.82 Å². The number of carbonyl (C=O) groups excluding carboxylic acids is 1. The van der Waals surface area contributed by atoms with E-state index in [2.05, 4.69) is 5.32 Å². The molecule has 4 nitrogen and oxygen atoms in total. The summed E-state index contributed by atoms with van der Waals surface area (Å²) >= 11 is 1.05. The SMILES string of the molecule is CCCC(C)(NC(=O)CSc1ccccc1F)C(=O)O. The van der Waals surface area contributed by atoms with Crippen LogP contribution in [0.25, 0.3) is 0 Å². The lowest BCUT2D eigenvalue weighted by atomic mass is 9.96. The fraction of sp³-hybridized carbons (Fsp3) is 0.429. The predicted molar refractivity (Wildman–Crippen MR) is 76.2 cm³/mol. The molecule has 1 atom stereocenters. The summed E-state index contributed by atoms with van der Waals surface area (Å²) in [7, 11) is 0. The molecule has 0 saturated heterocycles. The van der Waals surface area contributed by atoms with Crippen molar-refractivity contribution in [2.45, 2.75) is 37.1 Å². The van der Waals surface area contributed by atoms with Gasteiger partial charge in [-0.3, -0.25) is 4.79 Å². The van der Waals surface area contributed by atoms with Crippen LogP contribution in [0.15, 0.2) is 29.2 Å². The van der Waals surface area contributed by atoms with Gasteiger partial charge >= 0.3 is 5.97 Å². The van der Waals surface area contributed by atoms with Crippen molar-refractivity contribution in [3.05, 3.63) is 30.1 Å². The number of halogens is 1. The Bertz CT molecular complexity index is 495. The predicted octanol–water partition coefficient (Wildman–Crippen LogP) is 2.68. The van der Waals surface area contributed by atoms with E-state index in [1.165, 1.54) is 13.0 Å². The van der Waals surface area contributed by atoms with Gasteiger partial charge in [-0.2, -0.15) is 0 Å². The molecule has 1 unspecified atom stereocenters. The molecule has 1 aromatic carbocycles. The smallest absolute Gasteiger partial charge is 0.329 e. The van der Waals surface area contributed by atoms with Crippen LogP contribution in [0.5, 0.6) is 0 Å². The molecule has 0 aliphatic carbocycles. The van der Waals surface area contributed by atoms with Crippen LogP contribution in [-0.4, -0.2) is 28.3 Å². The molecule has 0 aliphatic heterocycles. The van der Waals surface area contributed by atoms with Gasteiger partial charge in [-0.1, -0.05) is 25.5 Å². The fourth-order valence-corrected chi connectivity index (χ4v) is 2.51. The maximum Gasteiger partial charge on any atom is 0.329 e. The number of nitrogens with one attached hydrogen (secondary N) is 1. The molecule has 0 radical (unpaired) electrons. The van der Waals surface area contributed by atoms with E-state index >= 15 is 0 Å². The Hall–Kier alpha value is -1.56. The van der Waals surface area contributed by atoms with Crippen molar-refractivity contribution in [3.8, 4) is 0 Å². The molecule has 1 amide bonds. The maximum atomic E-state index is 13.4. The molecule has 0 spiro atoms. The highest BCUT2D eigenvalue weighted by molar-refractivity contribution is 8.00. The normalized spacial score (nSPS) is 13.6. The van der Waals surface area contributed by atoms with Gasteiger partial charge in [0.2, 0.25) is 5.91 Å². The van der Waals surface area contributed by atoms with E-state index in [1.54, 1.807) is 18.2 Å². The maximum absolute atomic E-state index is 13.4. The van der Waals surface area contributed by atoms with E-state index in [9.17, 15) is 14.0 Å². The zero-order valence-corrected chi connectivity index (χ0v) is 12.3. The summed E-state index contributed by atoms with van der Waals surface area (Å²) in [6.45, 7) is 3.33. The zero-order chi connectivity index (χ0) is 15.2. The third-order valence-electron chi connectivity index (χ3n) is 2.83. The minimum atomic E-state index is -1.28. The van der Waals surface area contributed by atoms with Crippen molar-refractivity contribution >= 4 is 23.6 Å². The first kappa shape index (κ1) is 16.5. The number of thioether (sulfide) groups is 1. The topological polar surface area (TPSA) is 66.4 Å². The summed E-state index contributed by atoms with van der Waals surface area (Å²) < 4.78 is 13.4. The highest BCUT2D eigenvalue weighted by Gasteiger charge is 2.33. The lowest BCUT2D eigenvalue weighted by Crippen LogP contribution is -2.52. The minimum absolute atomic E-state index is 0.0203. The number of carboxylic acid groups (broad SMARTS) is 1. The van der Waals surface area contributed by atoms with Crippen molar-refractivity contribution < 1.29 is 19.1 Å². The van der Waals surface area contributed by atoms with Crippen LogP contribution in [0.1, 0.15) is 26.7 Å². The van der Waals surface area contributed by atoms with Crippen LogP contribution in [0.4, 0.5) is 4.39 Å². The standard InChI is InChI=1S/C14H18FNO3S/c1-3-8-14(2,13(18)19)16-12(17)9-20-11-7-5-4-6-10(11)15/h4-7H,3,8-9H2,1-2H3,(H,16,17)(H,18,19). The van der Waals surface area contributed by atoms with Gasteiger partial charge in [0.15, 0.2) is 0 Å². The highest BCUT2D eigenvalue weighted by Crippen LogP contribution is 2.21. The molecule has 1 aromatic rings. The third-order valence-corrected chi connectivity index (χ3v) is 3.88. The Morgan fingerprint density at radius 2 is 2.05 bits per heavy atom. The molecular formula is C14H18FNO3S. The van der Waals surface area contributed by atoms with Crippen molar-refractivity contribution in [1.82, 2.24) is 5.32 Å². The fourth-order valence-electron chi connectivity index (χ4n) is 1.77. The molecule has 0 aromatic heterocycles. The Balaban J connectivity index is 2.59. The number of hydrogen-bond donors (Lipinski definition) is 2. The van der Waals surface area contributed by atoms with Gasteiger partial charge < -0.3 is 10.4 Å². The molecule has 0 aliphatic rings. The lowest BCUT2D eigenvalue weighted by Gasteiger charge is -2.25. The molecular weight excluding hydrogens is 281 g/mol. The number of aliphatic carboxylic acids is 1. The molecule has 0 fully saturated rings. The van der Waals surface area contributed by atoms with E-state index in [0.29, 0.717) is 17.7 Å². The largest absolute Gasteiger partial charge is 0.480 e. The van der Waals surface area contributed by atoms with E-state index in [0.717, 1.165) is 11.8 Å². The average molecular weight is 299 g/mol. The lowest BCUT2D eigenvalue weighted by molar-refractivity contribution is -0.146. The van der Waals surface area contributed by atoms with Gasteiger partial charge in [0.1, 0.15) is 11.4 Å². The van der Waals surface area contributed by atoms with Gasteiger partial charge in [-0.05, 0) is 25.5 Å². The van der Waals surface area contributed by atoms with Crippen molar-refractivity contribution in [1.29, 1.82) is 0 Å². The van der Waals surface area contributed by atoms with Crippen molar-refractivity contribution in [2.24, 2.45) is 0 Å². The number of amides is 1. The number of carboxylic acids is 1. The summed E-state index contributed by atoms with van der Waals surface area (Å²) in [6, 6.07) is 6.15. The summed E-state index contributed by atoms with van der Waals surface area (Å²) in [5.41, 5.74) is -1.28. The van der Waals surface area contributed by atoms with Crippen molar-refractivity contribution in [2.75, 3.05) is 5.75 Å². The van der Waals surface area contributed by atoms with Crippen LogP contribution < -0.4 is 5.32 Å². The number of benzene rings is 1. The van der Waals surface area contributed by atoms with E-state index in [1.807, 2.05) is 6.92 Å². The molecule has 0 saturated carbocycles. The van der Waals surface area contributed by atoms with E-state index in [4.69, 9.17) is 5.11 Å². The summed E-state index contributed by atoms with van der Waals surface area (Å²) in [4.78, 5) is 23.4. The Labute approximate surface area is 121 Å². The molecule has 0 heterocycles. The molecule has 2 N–H and O–H groups in total. The summed E-state index contributed by atoms with van der Waals surface area (Å²) in [6.07, 6.45) is 0.988. The zero-order valence-electron chi connectivity index (χ0n) is 11.5. The second kappa shape index (κ2) is 7.28. The van der Waals surface area contributed by atoms with Gasteiger partial charge in [0, 0.05) is 4.90 Å². The van der Waals surface area contributed by atoms with E-state index < -0.39 is 17.4 Å². The van der Waals surface area contributed by atoms with Gasteiger partial charge in [0.05, 0.1) is 5.75 Å². The highest BCUT2D eigenvalue weighted by atomic mass is 32.2. The van der Waals surface area contributed by atoms with Gasteiger partial charge in [0.25, 0.3) is 0 Å². The summed E-state index contributed by atoms with van der Waals surface area (Å²) in [5.74, 6) is -1.90. The van der Waals surface area contributed by atoms with Gasteiger partial charge in [-0.15, -0.1) is 11.8 Å². The molecule has 110 valence electrons. The summed E-state index contributed by atoms with van der Waals surface area (Å²) in [5, 5.41) is 11.7. The van der Waals surface area contributed by atoms with Gasteiger partial charge in [-0.25, -0.2) is 9.18 Å². The van der Waals surface area contributed by atoms with Crippen LogP contribution >= 0.6 is 11.8 Å². The first-order chi connectivity index (χ1) is 9.39. The number of rotatable bonds is 7. The Morgan fingerprint density at radius 1 is 1.40 bits per heavy atom. The average Bonchev–Trinajstić information content (AvgIpc) is 2.38. The van der Waals surface area contributed by atoms with Crippen LogP contribution in [0.3, 0.4) is 0 Å². The first-order valence-corrected chi connectivity index (χ1v) is 7.29. The monoisotopic (exact) mass is 299 g/mol. The molecule has 1 rings (SSSR count). The minimum Gasteiger partial charge on any atom is -0.480 e. The Kier molecular flexibility index (Phi) is 6.01. The van der Waals surface area contributed by atoms with Crippen LogP contribution in [-0.2, 0) is 9.59 Å². The molecule has 6 heteroatoms. The Morgan fingerprint density at radius 3 is 2.60 bits per heavy atom. The van der Waals surface area contributed by atoms with E-state index in [-0.39, 0.29) is 11.6 Å². The molecule has 20 heavy (non-hydrogen) atoms. The van der Waals surface area contributed by atoms with Crippen molar-refractivity contribution in [3.63, 3.8) is 0 Å². The number of hydrogen-bond acceptors (Lipinski definition) is 3. The first-order valence-electron chi connectivity index (χ1n) is 6.31. The second-order valence-corrected chi connectivity index (χ2v) is 5.67. The molecule has 0 bridgehead atoms. The number of carbonyl (C=O) groups is 2. The second-order valence-electron chi connectivity index (χ2n) is 4.65. The quantitative estimate of drug-likeness (QED) is 0.760. The van der Waals surface area contributed by atoms with Crippen LogP contribution in [0.2, 0.25) is 0 Å². The third kappa shape index (κ3) is 4.52.